The lowest BCUT2D eigenvalue weighted by atomic mass is 10.2. The quantitative estimate of drug-likeness (QED) is 0.557. The molecule has 0 radical (unpaired) electrons. The number of rotatable bonds is 3. The van der Waals surface area contributed by atoms with Gasteiger partial charge in [-0.15, -0.1) is 0 Å². The fourth-order valence-electron chi connectivity index (χ4n) is 1.13. The minimum Gasteiger partial charge on any atom is -0.308 e. The van der Waals surface area contributed by atoms with E-state index in [4.69, 9.17) is 5.84 Å². The molecule has 15 heavy (non-hydrogen) atoms. The summed E-state index contributed by atoms with van der Waals surface area (Å²) in [7, 11) is -3.13. The van der Waals surface area contributed by atoms with Gasteiger partial charge >= 0.3 is 0 Å². The highest BCUT2D eigenvalue weighted by Gasteiger charge is 2.11. The average Bonchev–Trinajstić information content (AvgIpc) is 2.08. The summed E-state index contributed by atoms with van der Waals surface area (Å²) in [5, 5.41) is 0. The molecule has 0 saturated heterocycles. The minimum atomic E-state index is -3.13. The molecule has 1 aromatic rings. The molecule has 0 aliphatic carbocycles. The van der Waals surface area contributed by atoms with E-state index in [2.05, 4.69) is 15.4 Å². The minimum absolute atomic E-state index is 0.178. The lowest BCUT2D eigenvalue weighted by molar-refractivity contribution is 0.599. The van der Waals surface area contributed by atoms with E-state index < -0.39 is 9.84 Å². The first-order valence-electron chi connectivity index (χ1n) is 4.32. The number of aryl methyl sites for hydroxylation is 1. The second-order valence-corrected chi connectivity index (χ2v) is 5.55. The number of sulfone groups is 1. The van der Waals surface area contributed by atoms with Gasteiger partial charge in [-0.25, -0.2) is 24.2 Å². The average molecular weight is 230 g/mol. The maximum absolute atomic E-state index is 11.1. The molecule has 0 fully saturated rings. The summed E-state index contributed by atoms with van der Waals surface area (Å²) in [4.78, 5) is 8.09. The molecule has 0 aliphatic rings. The van der Waals surface area contributed by atoms with Gasteiger partial charge in [0.1, 0.15) is 17.4 Å². The zero-order valence-electron chi connectivity index (χ0n) is 8.90. The molecule has 7 heteroatoms. The zero-order valence-corrected chi connectivity index (χ0v) is 9.72. The van der Waals surface area contributed by atoms with E-state index in [9.17, 15) is 8.42 Å². The Bertz CT molecular complexity index is 470. The third-order valence-electron chi connectivity index (χ3n) is 1.96. The van der Waals surface area contributed by atoms with Crippen molar-refractivity contribution in [1.29, 1.82) is 0 Å². The summed E-state index contributed by atoms with van der Waals surface area (Å²) in [6.07, 6.45) is 1.14. The molecule has 3 N–H and O–H groups in total. The third-order valence-corrected chi connectivity index (χ3v) is 2.75. The van der Waals surface area contributed by atoms with Crippen LogP contribution in [0, 0.1) is 13.8 Å². The number of hydrazine groups is 1. The number of nitrogens with two attached hydrogens (primary N) is 1. The highest BCUT2D eigenvalue weighted by molar-refractivity contribution is 7.89. The van der Waals surface area contributed by atoms with Gasteiger partial charge in [0.05, 0.1) is 0 Å². The summed E-state index contributed by atoms with van der Waals surface area (Å²) in [5.74, 6) is 5.80. The molecule has 0 bridgehead atoms. The van der Waals surface area contributed by atoms with Crippen LogP contribution in [0.5, 0.6) is 0 Å². The molecule has 1 aromatic heterocycles. The van der Waals surface area contributed by atoms with Crippen LogP contribution in [0.4, 0.5) is 5.82 Å². The van der Waals surface area contributed by atoms with Crippen molar-refractivity contribution < 1.29 is 8.42 Å². The normalized spacial score (nSPS) is 11.5. The van der Waals surface area contributed by atoms with Crippen LogP contribution in [0.15, 0.2) is 0 Å². The van der Waals surface area contributed by atoms with E-state index in [-0.39, 0.29) is 11.6 Å². The van der Waals surface area contributed by atoms with Crippen LogP contribution in [0.2, 0.25) is 0 Å². The molecule has 6 nitrogen and oxygen atoms in total. The van der Waals surface area contributed by atoms with Crippen LogP contribution in [0.1, 0.15) is 17.1 Å². The van der Waals surface area contributed by atoms with Gasteiger partial charge in [0, 0.05) is 17.5 Å². The Kier molecular flexibility index (Phi) is 3.25. The van der Waals surface area contributed by atoms with Crippen LogP contribution in [-0.4, -0.2) is 24.6 Å². The lowest BCUT2D eigenvalue weighted by Gasteiger charge is -2.08. The monoisotopic (exact) mass is 230 g/mol. The zero-order chi connectivity index (χ0) is 11.6. The van der Waals surface area contributed by atoms with Crippen molar-refractivity contribution in [3.8, 4) is 0 Å². The molecular weight excluding hydrogens is 216 g/mol. The number of nitrogen functional groups attached to an aromatic ring is 1. The Hall–Kier alpha value is -1.21. The summed E-state index contributed by atoms with van der Waals surface area (Å²) in [6.45, 7) is 3.60. The van der Waals surface area contributed by atoms with E-state index >= 15 is 0 Å². The standard InChI is InChI=1S/C8H14N4O2S/c1-5-6(2)10-7(4-15(3,13)14)11-8(5)12-9/h4,9H2,1-3H3,(H,10,11,12). The second-order valence-electron chi connectivity index (χ2n) is 3.41. The van der Waals surface area contributed by atoms with Crippen molar-refractivity contribution in [2.75, 3.05) is 11.7 Å². The Morgan fingerprint density at radius 1 is 1.33 bits per heavy atom. The van der Waals surface area contributed by atoms with Crippen LogP contribution in [0.3, 0.4) is 0 Å². The van der Waals surface area contributed by atoms with Crippen LogP contribution in [0.25, 0.3) is 0 Å². The predicted octanol–water partition coefficient (Wildman–Crippen LogP) is -0.0764. The van der Waals surface area contributed by atoms with E-state index in [1.807, 2.05) is 6.92 Å². The first-order chi connectivity index (χ1) is 6.83. The number of nitrogens with zero attached hydrogens (tertiary/aromatic N) is 2. The molecule has 0 unspecified atom stereocenters. The van der Waals surface area contributed by atoms with Gasteiger partial charge in [-0.05, 0) is 13.8 Å². The van der Waals surface area contributed by atoms with Gasteiger partial charge in [-0.1, -0.05) is 0 Å². The number of anilines is 1. The van der Waals surface area contributed by atoms with Gasteiger partial charge in [-0.3, -0.25) is 0 Å². The topological polar surface area (TPSA) is 98.0 Å². The van der Waals surface area contributed by atoms with Gasteiger partial charge in [0.25, 0.3) is 0 Å². The summed E-state index contributed by atoms with van der Waals surface area (Å²) in [6, 6.07) is 0. The van der Waals surface area contributed by atoms with E-state index in [0.717, 1.165) is 17.5 Å². The molecule has 0 saturated carbocycles. The largest absolute Gasteiger partial charge is 0.308 e. The fourth-order valence-corrected chi connectivity index (χ4v) is 1.72. The van der Waals surface area contributed by atoms with Gasteiger partial charge in [-0.2, -0.15) is 0 Å². The highest BCUT2D eigenvalue weighted by atomic mass is 32.2. The molecule has 0 amide bonds. The summed E-state index contributed by atoms with van der Waals surface area (Å²) < 4.78 is 22.1. The van der Waals surface area contributed by atoms with Crippen LogP contribution < -0.4 is 11.3 Å². The van der Waals surface area contributed by atoms with Gasteiger partial charge in [0.15, 0.2) is 9.84 Å². The maximum Gasteiger partial charge on any atom is 0.154 e. The van der Waals surface area contributed by atoms with Crippen molar-refractivity contribution in [1.82, 2.24) is 9.97 Å². The molecule has 1 heterocycles. The third kappa shape index (κ3) is 3.14. The molecular formula is C8H14N4O2S. The van der Waals surface area contributed by atoms with Crippen molar-refractivity contribution in [2.45, 2.75) is 19.6 Å². The summed E-state index contributed by atoms with van der Waals surface area (Å²) >= 11 is 0. The molecule has 0 aliphatic heterocycles. The first kappa shape index (κ1) is 11.9. The van der Waals surface area contributed by atoms with Crippen LogP contribution in [-0.2, 0) is 15.6 Å². The molecule has 0 atom stereocenters. The predicted molar refractivity (Wildman–Crippen MR) is 57.9 cm³/mol. The smallest absolute Gasteiger partial charge is 0.154 e. The highest BCUT2D eigenvalue weighted by Crippen LogP contribution is 2.14. The number of aromatic nitrogens is 2. The number of hydrogen-bond donors (Lipinski definition) is 2. The Balaban J connectivity index is 3.17. The Labute approximate surface area is 88.8 Å². The SMILES string of the molecule is Cc1nc(CS(C)(=O)=O)nc(NN)c1C. The Morgan fingerprint density at radius 3 is 2.40 bits per heavy atom. The van der Waals surface area contributed by atoms with Gasteiger partial charge in [0.2, 0.25) is 0 Å². The number of hydrogen-bond acceptors (Lipinski definition) is 6. The van der Waals surface area contributed by atoms with Crippen molar-refractivity contribution in [3.05, 3.63) is 17.1 Å². The van der Waals surface area contributed by atoms with E-state index in [1.165, 1.54) is 0 Å². The Morgan fingerprint density at radius 2 is 1.93 bits per heavy atom. The van der Waals surface area contributed by atoms with E-state index in [1.54, 1.807) is 6.92 Å². The molecule has 0 aromatic carbocycles. The summed E-state index contributed by atoms with van der Waals surface area (Å²) in [5.41, 5.74) is 3.95. The van der Waals surface area contributed by atoms with Crippen molar-refractivity contribution in [2.24, 2.45) is 5.84 Å². The molecule has 84 valence electrons. The molecule has 1 rings (SSSR count). The lowest BCUT2D eigenvalue weighted by Crippen LogP contribution is -2.15. The first-order valence-corrected chi connectivity index (χ1v) is 6.38. The van der Waals surface area contributed by atoms with Crippen molar-refractivity contribution in [3.63, 3.8) is 0 Å². The van der Waals surface area contributed by atoms with Gasteiger partial charge < -0.3 is 5.43 Å². The van der Waals surface area contributed by atoms with Crippen LogP contribution >= 0.6 is 0 Å². The maximum atomic E-state index is 11.1. The van der Waals surface area contributed by atoms with Crippen molar-refractivity contribution >= 4 is 15.7 Å². The number of nitrogens with one attached hydrogen (secondary N) is 1. The van der Waals surface area contributed by atoms with E-state index in [0.29, 0.717) is 5.82 Å². The second kappa shape index (κ2) is 4.11. The fraction of sp³-hybridized carbons (Fsp3) is 0.500. The molecule has 0 spiro atoms.